The molecule has 1 aliphatic carbocycles. The highest BCUT2D eigenvalue weighted by Crippen LogP contribution is 2.44. The second kappa shape index (κ2) is 5.40. The molecule has 1 amide bonds. The number of carbonyl (C=O) groups excluding carboxylic acids is 1. The molecular formula is C12H14BrNO3S. The van der Waals surface area contributed by atoms with Gasteiger partial charge in [-0.1, -0.05) is 6.42 Å². The molecule has 1 aromatic heterocycles. The number of rotatable bonds is 5. The number of aliphatic carboxylic acids is 1. The van der Waals surface area contributed by atoms with E-state index in [-0.39, 0.29) is 12.3 Å². The largest absolute Gasteiger partial charge is 0.481 e. The fourth-order valence-electron chi connectivity index (χ4n) is 2.07. The quantitative estimate of drug-likeness (QED) is 0.871. The third-order valence-electron chi connectivity index (χ3n) is 3.34. The van der Waals surface area contributed by atoms with Crippen LogP contribution in [0.3, 0.4) is 0 Å². The lowest BCUT2D eigenvalue weighted by molar-refractivity contribution is -0.157. The van der Waals surface area contributed by atoms with E-state index < -0.39 is 11.4 Å². The molecule has 0 atom stereocenters. The number of carbonyl (C=O) groups is 2. The van der Waals surface area contributed by atoms with Crippen LogP contribution in [-0.4, -0.2) is 17.0 Å². The lowest BCUT2D eigenvalue weighted by atomic mass is 9.66. The van der Waals surface area contributed by atoms with Gasteiger partial charge >= 0.3 is 5.97 Å². The van der Waals surface area contributed by atoms with E-state index in [9.17, 15) is 9.59 Å². The first-order chi connectivity index (χ1) is 8.52. The minimum absolute atomic E-state index is 0.0921. The summed E-state index contributed by atoms with van der Waals surface area (Å²) < 4.78 is 0.998. The van der Waals surface area contributed by atoms with Crippen molar-refractivity contribution in [1.82, 2.24) is 5.32 Å². The highest BCUT2D eigenvalue weighted by molar-refractivity contribution is 9.10. The average molecular weight is 332 g/mol. The lowest BCUT2D eigenvalue weighted by Gasteiger charge is -2.36. The summed E-state index contributed by atoms with van der Waals surface area (Å²) in [5.74, 6) is -1.02. The predicted octanol–water partition coefficient (Wildman–Crippen LogP) is 2.77. The molecule has 2 rings (SSSR count). The van der Waals surface area contributed by atoms with Crippen molar-refractivity contribution in [3.05, 3.63) is 20.8 Å². The van der Waals surface area contributed by atoms with Crippen LogP contribution in [0.2, 0.25) is 0 Å². The van der Waals surface area contributed by atoms with Gasteiger partial charge in [-0.2, -0.15) is 0 Å². The number of hydrogen-bond donors (Lipinski definition) is 2. The van der Waals surface area contributed by atoms with Crippen molar-refractivity contribution < 1.29 is 14.7 Å². The van der Waals surface area contributed by atoms with Crippen LogP contribution >= 0.6 is 27.3 Å². The van der Waals surface area contributed by atoms with Gasteiger partial charge in [-0.15, -0.1) is 11.3 Å². The zero-order valence-corrected chi connectivity index (χ0v) is 12.1. The van der Waals surface area contributed by atoms with Gasteiger partial charge in [0.15, 0.2) is 0 Å². The minimum Gasteiger partial charge on any atom is -0.481 e. The van der Waals surface area contributed by atoms with Crippen LogP contribution in [0.4, 0.5) is 0 Å². The molecule has 1 aliphatic rings. The van der Waals surface area contributed by atoms with Gasteiger partial charge < -0.3 is 10.4 Å². The van der Waals surface area contributed by atoms with E-state index >= 15 is 0 Å². The van der Waals surface area contributed by atoms with Crippen LogP contribution < -0.4 is 5.32 Å². The molecule has 0 aromatic carbocycles. The lowest BCUT2D eigenvalue weighted by Crippen LogP contribution is -2.42. The number of amides is 1. The summed E-state index contributed by atoms with van der Waals surface area (Å²) in [6.45, 7) is 0.463. The van der Waals surface area contributed by atoms with Gasteiger partial charge in [0.1, 0.15) is 0 Å². The van der Waals surface area contributed by atoms with E-state index in [0.29, 0.717) is 19.4 Å². The zero-order chi connectivity index (χ0) is 13.2. The summed E-state index contributed by atoms with van der Waals surface area (Å²) in [6, 6.07) is 1.95. The van der Waals surface area contributed by atoms with E-state index in [0.717, 1.165) is 15.8 Å². The normalized spacial score (nSPS) is 16.9. The second-order valence-electron chi connectivity index (χ2n) is 4.62. The number of nitrogens with one attached hydrogen (secondary N) is 1. The molecular weight excluding hydrogens is 318 g/mol. The predicted molar refractivity (Wildman–Crippen MR) is 72.4 cm³/mol. The first kappa shape index (κ1) is 13.5. The number of carboxylic acids is 1. The number of carboxylic acid groups (broad SMARTS) is 1. The molecule has 0 spiro atoms. The van der Waals surface area contributed by atoms with Crippen molar-refractivity contribution in [1.29, 1.82) is 0 Å². The van der Waals surface area contributed by atoms with E-state index in [1.165, 1.54) is 0 Å². The first-order valence-corrected chi connectivity index (χ1v) is 7.42. The fraction of sp³-hybridized carbons (Fsp3) is 0.500. The van der Waals surface area contributed by atoms with Gasteiger partial charge in [0.05, 0.1) is 12.0 Å². The molecule has 1 heterocycles. The Hall–Kier alpha value is -0.880. The Bertz CT molecular complexity index is 468. The summed E-state index contributed by atoms with van der Waals surface area (Å²) in [4.78, 5) is 23.9. The van der Waals surface area contributed by atoms with Crippen molar-refractivity contribution in [2.24, 2.45) is 5.41 Å². The maximum atomic E-state index is 11.8. The van der Waals surface area contributed by atoms with Crippen molar-refractivity contribution >= 4 is 39.1 Å². The molecule has 0 aliphatic heterocycles. The molecule has 0 bridgehead atoms. The van der Waals surface area contributed by atoms with E-state index in [1.54, 1.807) is 11.3 Å². The van der Waals surface area contributed by atoms with Gasteiger partial charge in [0.25, 0.3) is 0 Å². The Balaban J connectivity index is 1.83. The standard InChI is InChI=1S/C12H14BrNO3S/c13-8-4-9(18-7-8)6-14-10(15)5-12(11(16)17)2-1-3-12/h4,7H,1-3,5-6H2,(H,14,15)(H,16,17). The Morgan fingerprint density at radius 2 is 2.22 bits per heavy atom. The molecule has 0 unspecified atom stereocenters. The number of halogens is 1. The van der Waals surface area contributed by atoms with Crippen molar-refractivity contribution in [3.63, 3.8) is 0 Å². The molecule has 1 fully saturated rings. The van der Waals surface area contributed by atoms with Crippen molar-refractivity contribution in [2.45, 2.75) is 32.2 Å². The molecule has 1 saturated carbocycles. The summed E-state index contributed by atoms with van der Waals surface area (Å²) in [7, 11) is 0. The Morgan fingerprint density at radius 3 is 2.67 bits per heavy atom. The van der Waals surface area contributed by atoms with Gasteiger partial charge in [-0.25, -0.2) is 0 Å². The highest BCUT2D eigenvalue weighted by atomic mass is 79.9. The molecule has 6 heteroatoms. The van der Waals surface area contributed by atoms with Gasteiger partial charge in [-0.05, 0) is 34.8 Å². The maximum absolute atomic E-state index is 11.8. The Labute approximate surface area is 118 Å². The molecule has 2 N–H and O–H groups in total. The van der Waals surface area contributed by atoms with Crippen LogP contribution in [0.1, 0.15) is 30.6 Å². The molecule has 0 radical (unpaired) electrons. The van der Waals surface area contributed by atoms with Gasteiger partial charge in [0, 0.05) is 21.2 Å². The average Bonchev–Trinajstić information content (AvgIpc) is 2.66. The van der Waals surface area contributed by atoms with Crippen LogP contribution in [0.25, 0.3) is 0 Å². The fourth-order valence-corrected chi connectivity index (χ4v) is 3.46. The van der Waals surface area contributed by atoms with Crippen LogP contribution in [0.15, 0.2) is 15.9 Å². The van der Waals surface area contributed by atoms with Crippen LogP contribution in [0.5, 0.6) is 0 Å². The summed E-state index contributed by atoms with van der Waals surface area (Å²) >= 11 is 4.91. The molecule has 18 heavy (non-hydrogen) atoms. The number of hydrogen-bond acceptors (Lipinski definition) is 3. The third kappa shape index (κ3) is 2.92. The van der Waals surface area contributed by atoms with E-state index in [2.05, 4.69) is 21.2 Å². The zero-order valence-electron chi connectivity index (χ0n) is 9.74. The van der Waals surface area contributed by atoms with Gasteiger partial charge in [0.2, 0.25) is 5.91 Å². The van der Waals surface area contributed by atoms with Crippen molar-refractivity contribution in [2.75, 3.05) is 0 Å². The molecule has 4 nitrogen and oxygen atoms in total. The second-order valence-corrected chi connectivity index (χ2v) is 6.54. The summed E-state index contributed by atoms with van der Waals surface area (Å²) in [6.07, 6.45) is 2.22. The smallest absolute Gasteiger partial charge is 0.310 e. The highest BCUT2D eigenvalue weighted by Gasteiger charge is 2.45. The summed E-state index contributed by atoms with van der Waals surface area (Å²) in [5.41, 5.74) is -0.805. The van der Waals surface area contributed by atoms with Gasteiger partial charge in [-0.3, -0.25) is 9.59 Å². The molecule has 0 saturated heterocycles. The summed E-state index contributed by atoms with van der Waals surface area (Å²) in [5, 5.41) is 13.9. The maximum Gasteiger partial charge on any atom is 0.310 e. The Morgan fingerprint density at radius 1 is 1.50 bits per heavy atom. The van der Waals surface area contributed by atoms with E-state index in [4.69, 9.17) is 5.11 Å². The van der Waals surface area contributed by atoms with Crippen molar-refractivity contribution in [3.8, 4) is 0 Å². The monoisotopic (exact) mass is 331 g/mol. The van der Waals surface area contributed by atoms with Crippen LogP contribution in [-0.2, 0) is 16.1 Å². The van der Waals surface area contributed by atoms with E-state index in [1.807, 2.05) is 11.4 Å². The van der Waals surface area contributed by atoms with Crippen LogP contribution in [0, 0.1) is 5.41 Å². The molecule has 1 aromatic rings. The first-order valence-electron chi connectivity index (χ1n) is 5.75. The Kier molecular flexibility index (Phi) is 4.07. The molecule has 98 valence electrons. The number of thiophene rings is 1. The minimum atomic E-state index is -0.845. The third-order valence-corrected chi connectivity index (χ3v) is 5.04. The topological polar surface area (TPSA) is 66.4 Å². The SMILES string of the molecule is O=C(CC1(C(=O)O)CCC1)NCc1cc(Br)cs1.